The second kappa shape index (κ2) is 5.44. The van der Waals surface area contributed by atoms with Crippen LogP contribution in [0.15, 0.2) is 18.3 Å². The summed E-state index contributed by atoms with van der Waals surface area (Å²) in [5, 5.41) is 0. The van der Waals surface area contributed by atoms with E-state index in [1.807, 2.05) is 30.3 Å². The lowest BCUT2D eigenvalue weighted by Gasteiger charge is -2.13. The molecule has 0 saturated heterocycles. The summed E-state index contributed by atoms with van der Waals surface area (Å²) < 4.78 is 4.57. The van der Waals surface area contributed by atoms with Gasteiger partial charge >= 0.3 is 5.97 Å². The predicted molar refractivity (Wildman–Crippen MR) is 54.0 cm³/mol. The molecule has 0 aromatic carbocycles. The number of ether oxygens (including phenoxy) is 1. The van der Waals surface area contributed by atoms with E-state index in [0.717, 1.165) is 13.0 Å². The molecule has 4 nitrogen and oxygen atoms in total. The third-order valence-corrected chi connectivity index (χ3v) is 2.05. The van der Waals surface area contributed by atoms with Gasteiger partial charge in [-0.15, -0.1) is 0 Å². The Labute approximate surface area is 83.9 Å². The molecule has 0 fully saturated rings. The summed E-state index contributed by atoms with van der Waals surface area (Å²) in [7, 11) is 3.31. The lowest BCUT2D eigenvalue weighted by Crippen LogP contribution is -2.28. The number of nitrogens with one attached hydrogen (secondary N) is 1. The molecule has 0 aliphatic rings. The highest BCUT2D eigenvalue weighted by atomic mass is 16.5. The highest BCUT2D eigenvalue weighted by Gasteiger charge is 2.05. The first-order chi connectivity index (χ1) is 6.72. The Balaban J connectivity index is 2.21. The summed E-state index contributed by atoms with van der Waals surface area (Å²) >= 11 is 0. The number of aromatic nitrogens is 1. The third kappa shape index (κ3) is 3.62. The molecule has 1 N–H and O–H groups in total. The molecule has 0 bridgehead atoms. The molecule has 14 heavy (non-hydrogen) atoms. The van der Waals surface area contributed by atoms with Crippen molar-refractivity contribution in [3.05, 3.63) is 24.0 Å². The maximum atomic E-state index is 10.9. The molecule has 1 rings (SSSR count). The second-order valence-corrected chi connectivity index (χ2v) is 3.26. The van der Waals surface area contributed by atoms with Crippen molar-refractivity contribution >= 4 is 5.97 Å². The van der Waals surface area contributed by atoms with Crippen molar-refractivity contribution < 1.29 is 9.53 Å². The van der Waals surface area contributed by atoms with Gasteiger partial charge in [0.05, 0.1) is 13.7 Å². The minimum atomic E-state index is -0.195. The van der Waals surface area contributed by atoms with Gasteiger partial charge in [0.2, 0.25) is 0 Å². The number of hydrogen-bond donors (Lipinski definition) is 1. The zero-order valence-corrected chi connectivity index (χ0v) is 8.62. The molecule has 1 heterocycles. The smallest absolute Gasteiger partial charge is 0.319 e. The maximum Gasteiger partial charge on any atom is 0.319 e. The highest BCUT2D eigenvalue weighted by Crippen LogP contribution is 1.97. The van der Waals surface area contributed by atoms with Gasteiger partial charge in [0.25, 0.3) is 0 Å². The fourth-order valence-corrected chi connectivity index (χ4v) is 1.20. The number of H-pyrrole nitrogens is 1. The van der Waals surface area contributed by atoms with Crippen molar-refractivity contribution in [2.75, 3.05) is 27.2 Å². The summed E-state index contributed by atoms with van der Waals surface area (Å²) in [6, 6.07) is 4.00. The quantitative estimate of drug-likeness (QED) is 0.704. The van der Waals surface area contributed by atoms with Crippen LogP contribution in [0.25, 0.3) is 0 Å². The van der Waals surface area contributed by atoms with E-state index < -0.39 is 0 Å². The van der Waals surface area contributed by atoms with E-state index in [0.29, 0.717) is 6.54 Å². The van der Waals surface area contributed by atoms with Crippen LogP contribution in [-0.4, -0.2) is 43.1 Å². The Morgan fingerprint density at radius 3 is 3.00 bits per heavy atom. The van der Waals surface area contributed by atoms with Gasteiger partial charge in [-0.2, -0.15) is 0 Å². The molecular weight excluding hydrogens is 180 g/mol. The first-order valence-electron chi connectivity index (χ1n) is 4.60. The summed E-state index contributed by atoms with van der Waals surface area (Å²) in [5.41, 5.74) is 1.18. The summed E-state index contributed by atoms with van der Waals surface area (Å²) in [5.74, 6) is -0.195. The largest absolute Gasteiger partial charge is 0.468 e. The first-order valence-corrected chi connectivity index (χ1v) is 4.60. The Morgan fingerprint density at radius 2 is 2.43 bits per heavy atom. The minimum absolute atomic E-state index is 0.195. The van der Waals surface area contributed by atoms with Crippen LogP contribution in [0, 0.1) is 0 Å². The van der Waals surface area contributed by atoms with Crippen LogP contribution in [0.5, 0.6) is 0 Å². The molecule has 0 aliphatic heterocycles. The summed E-state index contributed by atoms with van der Waals surface area (Å²) in [6.45, 7) is 1.19. The monoisotopic (exact) mass is 196 g/mol. The van der Waals surface area contributed by atoms with Crippen molar-refractivity contribution in [3.8, 4) is 0 Å². The number of carbonyl (C=O) groups is 1. The molecule has 1 aromatic heterocycles. The van der Waals surface area contributed by atoms with Crippen LogP contribution in [-0.2, 0) is 16.0 Å². The normalized spacial score (nSPS) is 10.5. The number of carbonyl (C=O) groups excluding carboxylic acids is 1. The number of rotatable bonds is 5. The van der Waals surface area contributed by atoms with E-state index in [4.69, 9.17) is 0 Å². The van der Waals surface area contributed by atoms with E-state index in [1.54, 1.807) is 0 Å². The Hall–Kier alpha value is -1.29. The average molecular weight is 196 g/mol. The number of esters is 1. The topological polar surface area (TPSA) is 45.3 Å². The van der Waals surface area contributed by atoms with Crippen LogP contribution in [0.1, 0.15) is 5.69 Å². The number of likely N-dealkylation sites (N-methyl/N-ethyl adjacent to an activating group) is 1. The van der Waals surface area contributed by atoms with E-state index in [9.17, 15) is 4.79 Å². The lowest BCUT2D eigenvalue weighted by atomic mass is 10.3. The van der Waals surface area contributed by atoms with E-state index in [1.165, 1.54) is 12.8 Å². The zero-order valence-electron chi connectivity index (χ0n) is 8.62. The molecule has 0 saturated carbocycles. The highest BCUT2D eigenvalue weighted by molar-refractivity contribution is 5.71. The Bertz CT molecular complexity index is 270. The number of aromatic amines is 1. The Morgan fingerprint density at radius 1 is 1.64 bits per heavy atom. The standard InChI is InChI=1S/C10H16N2O2/c1-12(8-10(13)14-2)7-5-9-4-3-6-11-9/h3-4,6,11H,5,7-8H2,1-2H3. The molecule has 1 aromatic rings. The van der Waals surface area contributed by atoms with Crippen molar-refractivity contribution in [1.82, 2.24) is 9.88 Å². The molecule has 0 aliphatic carbocycles. The van der Waals surface area contributed by atoms with Crippen LogP contribution in [0.2, 0.25) is 0 Å². The van der Waals surface area contributed by atoms with Gasteiger partial charge in [0, 0.05) is 24.9 Å². The van der Waals surface area contributed by atoms with Crippen molar-refractivity contribution in [2.24, 2.45) is 0 Å². The first kappa shape index (κ1) is 10.8. The van der Waals surface area contributed by atoms with Crippen LogP contribution in [0.3, 0.4) is 0 Å². The van der Waals surface area contributed by atoms with Crippen LogP contribution >= 0.6 is 0 Å². The fourth-order valence-electron chi connectivity index (χ4n) is 1.20. The molecule has 0 radical (unpaired) electrons. The predicted octanol–water partition coefficient (Wildman–Crippen LogP) is 0.662. The van der Waals surface area contributed by atoms with Crippen molar-refractivity contribution in [3.63, 3.8) is 0 Å². The van der Waals surface area contributed by atoms with E-state index in [2.05, 4.69) is 9.72 Å². The Kier molecular flexibility index (Phi) is 4.19. The van der Waals surface area contributed by atoms with Crippen molar-refractivity contribution in [2.45, 2.75) is 6.42 Å². The van der Waals surface area contributed by atoms with Gasteiger partial charge in [0.15, 0.2) is 0 Å². The number of nitrogens with zero attached hydrogens (tertiary/aromatic N) is 1. The van der Waals surface area contributed by atoms with Crippen LogP contribution in [0.4, 0.5) is 0 Å². The fraction of sp³-hybridized carbons (Fsp3) is 0.500. The molecule has 0 spiro atoms. The molecule has 0 unspecified atom stereocenters. The van der Waals surface area contributed by atoms with Gasteiger partial charge in [-0.25, -0.2) is 0 Å². The number of hydrogen-bond acceptors (Lipinski definition) is 3. The minimum Gasteiger partial charge on any atom is -0.468 e. The number of methoxy groups -OCH3 is 1. The SMILES string of the molecule is COC(=O)CN(C)CCc1ccc[nH]1. The van der Waals surface area contributed by atoms with Crippen molar-refractivity contribution in [1.29, 1.82) is 0 Å². The molecule has 78 valence electrons. The summed E-state index contributed by atoms with van der Waals surface area (Å²) in [6.07, 6.45) is 2.82. The second-order valence-electron chi connectivity index (χ2n) is 3.26. The average Bonchev–Trinajstić information content (AvgIpc) is 2.67. The van der Waals surface area contributed by atoms with Gasteiger partial charge in [-0.05, 0) is 19.2 Å². The zero-order chi connectivity index (χ0) is 10.4. The van der Waals surface area contributed by atoms with Gasteiger partial charge in [0.1, 0.15) is 0 Å². The van der Waals surface area contributed by atoms with Gasteiger partial charge in [-0.1, -0.05) is 0 Å². The van der Waals surface area contributed by atoms with Crippen LogP contribution < -0.4 is 0 Å². The van der Waals surface area contributed by atoms with E-state index in [-0.39, 0.29) is 5.97 Å². The third-order valence-electron chi connectivity index (χ3n) is 2.05. The summed E-state index contributed by atoms with van der Waals surface area (Å²) in [4.78, 5) is 16.0. The molecule has 0 atom stereocenters. The van der Waals surface area contributed by atoms with E-state index >= 15 is 0 Å². The van der Waals surface area contributed by atoms with Gasteiger partial charge in [-0.3, -0.25) is 9.69 Å². The molecular formula is C10H16N2O2. The lowest BCUT2D eigenvalue weighted by molar-refractivity contribution is -0.141. The molecule has 0 amide bonds. The van der Waals surface area contributed by atoms with Gasteiger partial charge < -0.3 is 9.72 Å². The maximum absolute atomic E-state index is 10.9. The molecule has 4 heteroatoms.